The molecule has 1 aromatic heterocycles. The van der Waals surface area contributed by atoms with Crippen molar-refractivity contribution in [1.82, 2.24) is 25.3 Å². The van der Waals surface area contributed by atoms with E-state index in [1.54, 1.807) is 6.26 Å². The first-order valence-corrected chi connectivity index (χ1v) is 11.4. The molecule has 2 fully saturated rings. The highest BCUT2D eigenvalue weighted by atomic mass is 16.3. The van der Waals surface area contributed by atoms with Crippen molar-refractivity contribution in [2.24, 2.45) is 4.99 Å². The molecule has 3 heterocycles. The molecule has 2 aliphatic heterocycles. The lowest BCUT2D eigenvalue weighted by molar-refractivity contribution is 0.107. The van der Waals surface area contributed by atoms with E-state index in [4.69, 9.17) is 4.42 Å². The van der Waals surface area contributed by atoms with E-state index in [9.17, 15) is 0 Å². The molecule has 7 nitrogen and oxygen atoms in total. The van der Waals surface area contributed by atoms with Crippen LogP contribution >= 0.6 is 0 Å². The minimum absolute atomic E-state index is 0.253. The number of likely N-dealkylation sites (tertiary alicyclic amines) is 1. The number of furan rings is 1. The number of hydrogen-bond donors (Lipinski definition) is 2. The Balaban J connectivity index is 1.47. The molecule has 7 heteroatoms. The average molecular weight is 405 g/mol. The van der Waals surface area contributed by atoms with Crippen LogP contribution in [0.2, 0.25) is 0 Å². The van der Waals surface area contributed by atoms with E-state index in [0.29, 0.717) is 6.04 Å². The Morgan fingerprint density at radius 2 is 1.76 bits per heavy atom. The maximum absolute atomic E-state index is 5.76. The first-order valence-electron chi connectivity index (χ1n) is 11.4. The second kappa shape index (κ2) is 11.6. The molecule has 0 amide bonds. The Hall–Kier alpha value is -1.57. The second-order valence-corrected chi connectivity index (χ2v) is 8.28. The van der Waals surface area contributed by atoms with E-state index in [0.717, 1.165) is 57.5 Å². The monoisotopic (exact) mass is 404 g/mol. The van der Waals surface area contributed by atoms with Gasteiger partial charge in [0.1, 0.15) is 5.76 Å². The van der Waals surface area contributed by atoms with Crippen LogP contribution in [0.3, 0.4) is 0 Å². The van der Waals surface area contributed by atoms with E-state index in [-0.39, 0.29) is 6.04 Å². The summed E-state index contributed by atoms with van der Waals surface area (Å²) in [5, 5.41) is 7.07. The van der Waals surface area contributed by atoms with Gasteiger partial charge in [-0.2, -0.15) is 0 Å². The predicted molar refractivity (Wildman–Crippen MR) is 119 cm³/mol. The van der Waals surface area contributed by atoms with Gasteiger partial charge >= 0.3 is 0 Å². The molecule has 0 aromatic carbocycles. The van der Waals surface area contributed by atoms with Crippen LogP contribution in [0.1, 0.15) is 44.9 Å². The molecule has 2 N–H and O–H groups in total. The van der Waals surface area contributed by atoms with Gasteiger partial charge in [0.2, 0.25) is 0 Å². The number of aliphatic imine (C=N–C) groups is 1. The average Bonchev–Trinajstić information content (AvgIpc) is 3.31. The molecule has 0 aliphatic carbocycles. The van der Waals surface area contributed by atoms with Crippen molar-refractivity contribution in [2.45, 2.75) is 45.2 Å². The maximum Gasteiger partial charge on any atom is 0.191 e. The van der Waals surface area contributed by atoms with Gasteiger partial charge in [0, 0.05) is 52.4 Å². The number of piperazine rings is 1. The van der Waals surface area contributed by atoms with Crippen LogP contribution in [0.15, 0.2) is 27.8 Å². The summed E-state index contributed by atoms with van der Waals surface area (Å²) in [7, 11) is 1.85. The lowest BCUT2D eigenvalue weighted by Crippen LogP contribution is -2.53. The molecule has 0 radical (unpaired) electrons. The topological polar surface area (TPSA) is 59.3 Å². The number of guanidine groups is 1. The zero-order chi connectivity index (χ0) is 20.5. The molecule has 2 atom stereocenters. The summed E-state index contributed by atoms with van der Waals surface area (Å²) in [6, 6.07) is 4.83. The summed E-state index contributed by atoms with van der Waals surface area (Å²) >= 11 is 0. The van der Waals surface area contributed by atoms with E-state index >= 15 is 0 Å². The third kappa shape index (κ3) is 6.46. The zero-order valence-electron chi connectivity index (χ0n) is 18.6. The number of nitrogens with one attached hydrogen (secondary N) is 2. The summed E-state index contributed by atoms with van der Waals surface area (Å²) in [6.07, 6.45) is 5.65. The Bertz CT molecular complexity index is 590. The summed E-state index contributed by atoms with van der Waals surface area (Å²) < 4.78 is 5.76. The molecule has 0 spiro atoms. The van der Waals surface area contributed by atoms with E-state index in [1.807, 2.05) is 13.1 Å². The van der Waals surface area contributed by atoms with Crippen LogP contribution in [-0.4, -0.2) is 92.7 Å². The zero-order valence-corrected chi connectivity index (χ0v) is 18.6. The minimum Gasteiger partial charge on any atom is -0.468 e. The fraction of sp³-hybridized carbons (Fsp3) is 0.773. The molecular formula is C22H40N6O. The first kappa shape index (κ1) is 22.1. The van der Waals surface area contributed by atoms with Crippen molar-refractivity contribution in [3.8, 4) is 0 Å². The number of hydrogen-bond acceptors (Lipinski definition) is 5. The second-order valence-electron chi connectivity index (χ2n) is 8.28. The standard InChI is InChI=1S/C22H40N6O/c1-4-26-12-14-27(15-13-26)19(2)17-24-22(23-3)25-18-20(21-9-8-16-29-21)28-10-6-5-7-11-28/h8-9,16,19-20H,4-7,10-15,17-18H2,1-3H3,(H2,23,24,25). The van der Waals surface area contributed by atoms with Gasteiger partial charge in [-0.3, -0.25) is 14.8 Å². The highest BCUT2D eigenvalue weighted by molar-refractivity contribution is 5.79. The smallest absolute Gasteiger partial charge is 0.191 e. The van der Waals surface area contributed by atoms with Gasteiger partial charge in [-0.25, -0.2) is 0 Å². The molecule has 2 aliphatic rings. The highest BCUT2D eigenvalue weighted by Crippen LogP contribution is 2.24. The van der Waals surface area contributed by atoms with Crippen LogP contribution in [0.4, 0.5) is 0 Å². The van der Waals surface area contributed by atoms with Crippen molar-refractivity contribution in [1.29, 1.82) is 0 Å². The van der Waals surface area contributed by atoms with Crippen LogP contribution < -0.4 is 10.6 Å². The Kier molecular flexibility index (Phi) is 8.83. The van der Waals surface area contributed by atoms with Crippen LogP contribution in [0, 0.1) is 0 Å². The third-order valence-electron chi connectivity index (χ3n) is 6.43. The number of likely N-dealkylation sites (N-methyl/N-ethyl adjacent to an activating group) is 1. The maximum atomic E-state index is 5.76. The highest BCUT2D eigenvalue weighted by Gasteiger charge is 2.25. The van der Waals surface area contributed by atoms with Gasteiger partial charge in [-0.05, 0) is 51.5 Å². The lowest BCUT2D eigenvalue weighted by Gasteiger charge is -2.38. The van der Waals surface area contributed by atoms with Crippen molar-refractivity contribution in [3.05, 3.63) is 24.2 Å². The minimum atomic E-state index is 0.253. The molecule has 0 saturated carbocycles. The number of rotatable bonds is 8. The van der Waals surface area contributed by atoms with E-state index in [2.05, 4.69) is 50.2 Å². The van der Waals surface area contributed by atoms with Crippen molar-refractivity contribution in [3.63, 3.8) is 0 Å². The van der Waals surface area contributed by atoms with Crippen molar-refractivity contribution in [2.75, 3.05) is 66.0 Å². The fourth-order valence-electron chi connectivity index (χ4n) is 4.43. The molecule has 2 saturated heterocycles. The molecule has 3 rings (SSSR count). The molecular weight excluding hydrogens is 364 g/mol. The van der Waals surface area contributed by atoms with Crippen LogP contribution in [0.5, 0.6) is 0 Å². The van der Waals surface area contributed by atoms with Crippen LogP contribution in [0.25, 0.3) is 0 Å². The van der Waals surface area contributed by atoms with Gasteiger partial charge in [0.15, 0.2) is 5.96 Å². The molecule has 2 unspecified atom stereocenters. The van der Waals surface area contributed by atoms with Crippen molar-refractivity contribution >= 4 is 5.96 Å². The quantitative estimate of drug-likeness (QED) is 0.511. The molecule has 164 valence electrons. The molecule has 29 heavy (non-hydrogen) atoms. The largest absolute Gasteiger partial charge is 0.468 e. The fourth-order valence-corrected chi connectivity index (χ4v) is 4.43. The van der Waals surface area contributed by atoms with Crippen molar-refractivity contribution < 1.29 is 4.42 Å². The Labute approximate surface area is 176 Å². The Morgan fingerprint density at radius 3 is 2.38 bits per heavy atom. The number of nitrogens with zero attached hydrogens (tertiary/aromatic N) is 4. The molecule has 0 bridgehead atoms. The van der Waals surface area contributed by atoms with Gasteiger partial charge in [-0.1, -0.05) is 13.3 Å². The first-order chi connectivity index (χ1) is 14.2. The molecule has 1 aromatic rings. The normalized spacial score (nSPS) is 22.4. The van der Waals surface area contributed by atoms with Gasteiger partial charge < -0.3 is 20.0 Å². The van der Waals surface area contributed by atoms with Gasteiger partial charge in [0.05, 0.1) is 12.3 Å². The van der Waals surface area contributed by atoms with Crippen LogP contribution in [-0.2, 0) is 0 Å². The SMILES string of the molecule is CCN1CCN(C(C)CNC(=NC)NCC(c2ccco2)N2CCCCC2)CC1. The van der Waals surface area contributed by atoms with E-state index in [1.165, 1.54) is 32.4 Å². The summed E-state index contributed by atoms with van der Waals surface area (Å²) in [5.74, 6) is 1.91. The Morgan fingerprint density at radius 1 is 1.03 bits per heavy atom. The van der Waals surface area contributed by atoms with Gasteiger partial charge in [-0.15, -0.1) is 0 Å². The lowest BCUT2D eigenvalue weighted by atomic mass is 10.1. The van der Waals surface area contributed by atoms with E-state index < -0.39 is 0 Å². The predicted octanol–water partition coefficient (Wildman–Crippen LogP) is 2.00. The summed E-state index contributed by atoms with van der Waals surface area (Å²) in [5.41, 5.74) is 0. The summed E-state index contributed by atoms with van der Waals surface area (Å²) in [6.45, 7) is 14.3. The summed E-state index contributed by atoms with van der Waals surface area (Å²) in [4.78, 5) is 12.1. The van der Waals surface area contributed by atoms with Gasteiger partial charge in [0.25, 0.3) is 0 Å². The number of piperidine rings is 1. The third-order valence-corrected chi connectivity index (χ3v) is 6.43.